The number of carbonyl (C=O) groups is 1. The van der Waals surface area contributed by atoms with Crippen LogP contribution in [-0.2, 0) is 11.2 Å². The van der Waals surface area contributed by atoms with Gasteiger partial charge in [0.1, 0.15) is 0 Å². The van der Waals surface area contributed by atoms with Gasteiger partial charge in [0.05, 0.1) is 0 Å². The molecule has 0 fully saturated rings. The maximum atomic E-state index is 10.0. The smallest absolute Gasteiger partial charge is 0.207 e. The molecule has 0 unspecified atom stereocenters. The fraction of sp³-hybridized carbons (Fsp3) is 0.562. The van der Waals surface area contributed by atoms with Crippen molar-refractivity contribution in [2.45, 2.75) is 51.4 Å². The van der Waals surface area contributed by atoms with Crippen molar-refractivity contribution in [1.82, 2.24) is 5.32 Å². The number of benzene rings is 1. The Bertz CT molecular complexity index is 297. The topological polar surface area (TPSA) is 29.1 Å². The second-order valence-electron chi connectivity index (χ2n) is 4.78. The van der Waals surface area contributed by atoms with E-state index in [1.807, 2.05) is 0 Å². The highest BCUT2D eigenvalue weighted by Crippen LogP contribution is 2.10. The molecule has 18 heavy (non-hydrogen) atoms. The molecule has 2 nitrogen and oxygen atoms in total. The van der Waals surface area contributed by atoms with E-state index in [9.17, 15) is 4.79 Å². The zero-order chi connectivity index (χ0) is 12.9. The van der Waals surface area contributed by atoms with Crippen molar-refractivity contribution in [3.05, 3.63) is 35.9 Å². The van der Waals surface area contributed by atoms with Gasteiger partial charge in [-0.1, -0.05) is 62.4 Å². The van der Waals surface area contributed by atoms with Crippen LogP contribution in [0.15, 0.2) is 30.3 Å². The summed E-state index contributed by atoms with van der Waals surface area (Å²) in [6.45, 7) is 0.831. The Morgan fingerprint density at radius 3 is 2.11 bits per heavy atom. The fourth-order valence-corrected chi connectivity index (χ4v) is 2.14. The lowest BCUT2D eigenvalue weighted by molar-refractivity contribution is -0.109. The van der Waals surface area contributed by atoms with Crippen LogP contribution in [-0.4, -0.2) is 13.0 Å². The van der Waals surface area contributed by atoms with Crippen molar-refractivity contribution in [3.63, 3.8) is 0 Å². The fourth-order valence-electron chi connectivity index (χ4n) is 2.14. The van der Waals surface area contributed by atoms with Crippen molar-refractivity contribution < 1.29 is 4.79 Å². The summed E-state index contributed by atoms with van der Waals surface area (Å²) in [4.78, 5) is 10.0. The predicted octanol–water partition coefficient (Wildman–Crippen LogP) is 3.71. The van der Waals surface area contributed by atoms with E-state index < -0.39 is 0 Å². The number of nitrogens with one attached hydrogen (secondary N) is 1. The molecule has 0 heterocycles. The molecule has 1 rings (SSSR count). The van der Waals surface area contributed by atoms with E-state index in [2.05, 4.69) is 35.6 Å². The second kappa shape index (κ2) is 10.8. The van der Waals surface area contributed by atoms with Crippen molar-refractivity contribution in [2.75, 3.05) is 6.54 Å². The average molecular weight is 247 g/mol. The number of hydrogen-bond donors (Lipinski definition) is 1. The molecule has 1 aromatic rings. The lowest BCUT2D eigenvalue weighted by Gasteiger charge is -2.02. The summed E-state index contributed by atoms with van der Waals surface area (Å²) in [5.41, 5.74) is 1.46. The molecule has 0 aliphatic rings. The van der Waals surface area contributed by atoms with Crippen molar-refractivity contribution in [3.8, 4) is 0 Å². The van der Waals surface area contributed by atoms with Crippen LogP contribution in [0.5, 0.6) is 0 Å². The molecule has 1 amide bonds. The van der Waals surface area contributed by atoms with E-state index in [0.717, 1.165) is 19.4 Å². The van der Waals surface area contributed by atoms with Crippen LogP contribution in [0, 0.1) is 0 Å². The number of amides is 1. The molecule has 0 saturated heterocycles. The van der Waals surface area contributed by atoms with Gasteiger partial charge in [-0.3, -0.25) is 4.79 Å². The van der Waals surface area contributed by atoms with E-state index in [1.165, 1.54) is 50.5 Å². The molecule has 2 heteroatoms. The van der Waals surface area contributed by atoms with Crippen LogP contribution < -0.4 is 5.32 Å². The van der Waals surface area contributed by atoms with Crippen LogP contribution in [0.25, 0.3) is 0 Å². The zero-order valence-electron chi connectivity index (χ0n) is 11.2. The van der Waals surface area contributed by atoms with Gasteiger partial charge in [-0.05, 0) is 24.8 Å². The summed E-state index contributed by atoms with van der Waals surface area (Å²) >= 11 is 0. The van der Waals surface area contributed by atoms with Crippen LogP contribution in [0.3, 0.4) is 0 Å². The first-order valence-corrected chi connectivity index (χ1v) is 7.14. The first kappa shape index (κ1) is 14.7. The first-order valence-electron chi connectivity index (χ1n) is 7.14. The minimum atomic E-state index is 0.781. The normalized spacial score (nSPS) is 10.2. The van der Waals surface area contributed by atoms with Gasteiger partial charge >= 0.3 is 0 Å². The van der Waals surface area contributed by atoms with Crippen molar-refractivity contribution >= 4 is 6.41 Å². The summed E-state index contributed by atoms with van der Waals surface area (Å²) in [6.07, 6.45) is 10.9. The Morgan fingerprint density at radius 2 is 1.44 bits per heavy atom. The molecule has 0 bridgehead atoms. The summed E-state index contributed by atoms with van der Waals surface area (Å²) in [7, 11) is 0. The second-order valence-corrected chi connectivity index (χ2v) is 4.78. The van der Waals surface area contributed by atoms with Gasteiger partial charge in [-0.2, -0.15) is 0 Å². The van der Waals surface area contributed by atoms with E-state index in [-0.39, 0.29) is 0 Å². The molecule has 100 valence electrons. The third-order valence-electron chi connectivity index (χ3n) is 3.21. The van der Waals surface area contributed by atoms with Crippen LogP contribution >= 0.6 is 0 Å². The average Bonchev–Trinajstić information content (AvgIpc) is 2.42. The molecule has 0 aromatic heterocycles. The Labute approximate surface area is 111 Å². The Balaban J connectivity index is 1.83. The molecule has 1 aromatic carbocycles. The van der Waals surface area contributed by atoms with Gasteiger partial charge in [-0.25, -0.2) is 0 Å². The molecule has 1 N–H and O–H groups in total. The zero-order valence-corrected chi connectivity index (χ0v) is 11.2. The highest BCUT2D eigenvalue weighted by molar-refractivity contribution is 5.45. The summed E-state index contributed by atoms with van der Waals surface area (Å²) in [5, 5.41) is 2.70. The first-order chi connectivity index (χ1) is 8.93. The van der Waals surface area contributed by atoms with E-state index in [1.54, 1.807) is 0 Å². The summed E-state index contributed by atoms with van der Waals surface area (Å²) in [6, 6.07) is 10.7. The highest BCUT2D eigenvalue weighted by atomic mass is 16.1. The summed E-state index contributed by atoms with van der Waals surface area (Å²) < 4.78 is 0. The molecule has 0 spiro atoms. The number of aryl methyl sites for hydroxylation is 1. The third kappa shape index (κ3) is 7.88. The maximum Gasteiger partial charge on any atom is 0.207 e. The minimum Gasteiger partial charge on any atom is -0.359 e. The Kier molecular flexibility index (Phi) is 8.87. The third-order valence-corrected chi connectivity index (χ3v) is 3.21. The number of carbonyl (C=O) groups excluding carboxylic acids is 1. The van der Waals surface area contributed by atoms with Crippen LogP contribution in [0.4, 0.5) is 0 Å². The Hall–Kier alpha value is -1.31. The van der Waals surface area contributed by atoms with Gasteiger partial charge in [0.2, 0.25) is 6.41 Å². The number of unbranched alkanes of at least 4 members (excludes halogenated alkanes) is 6. The van der Waals surface area contributed by atoms with E-state index >= 15 is 0 Å². The highest BCUT2D eigenvalue weighted by Gasteiger charge is 1.94. The quantitative estimate of drug-likeness (QED) is 0.469. The maximum absolute atomic E-state index is 10.0. The van der Waals surface area contributed by atoms with Gasteiger partial charge in [0, 0.05) is 6.54 Å². The van der Waals surface area contributed by atoms with Crippen LogP contribution in [0.1, 0.15) is 50.5 Å². The monoisotopic (exact) mass is 247 g/mol. The summed E-state index contributed by atoms with van der Waals surface area (Å²) in [5.74, 6) is 0. The van der Waals surface area contributed by atoms with Gasteiger partial charge in [0.15, 0.2) is 0 Å². The largest absolute Gasteiger partial charge is 0.359 e. The number of hydrogen-bond acceptors (Lipinski definition) is 1. The molecule has 0 aliphatic heterocycles. The van der Waals surface area contributed by atoms with Gasteiger partial charge < -0.3 is 5.32 Å². The van der Waals surface area contributed by atoms with Gasteiger partial charge in [-0.15, -0.1) is 0 Å². The van der Waals surface area contributed by atoms with E-state index in [4.69, 9.17) is 0 Å². The standard InChI is InChI=1S/C16H25NO/c18-15-17-14-10-5-3-1-2-4-7-11-16-12-8-6-9-13-16/h6,8-9,12-13,15H,1-5,7,10-11,14H2,(H,17,18). The SMILES string of the molecule is O=CNCCCCCCCCCc1ccccc1. The lowest BCUT2D eigenvalue weighted by Crippen LogP contribution is -2.11. The molecule has 0 aliphatic carbocycles. The van der Waals surface area contributed by atoms with E-state index in [0.29, 0.717) is 0 Å². The minimum absolute atomic E-state index is 0.781. The van der Waals surface area contributed by atoms with Crippen molar-refractivity contribution in [1.29, 1.82) is 0 Å². The van der Waals surface area contributed by atoms with Crippen molar-refractivity contribution in [2.24, 2.45) is 0 Å². The molecule has 0 radical (unpaired) electrons. The molecule has 0 atom stereocenters. The molecular formula is C16H25NO. The molecule has 0 saturated carbocycles. The molecular weight excluding hydrogens is 222 g/mol. The number of rotatable bonds is 11. The lowest BCUT2D eigenvalue weighted by atomic mass is 10.0. The van der Waals surface area contributed by atoms with Crippen LogP contribution in [0.2, 0.25) is 0 Å². The van der Waals surface area contributed by atoms with Gasteiger partial charge in [0.25, 0.3) is 0 Å². The Morgan fingerprint density at radius 1 is 0.833 bits per heavy atom. The predicted molar refractivity (Wildman–Crippen MR) is 76.5 cm³/mol.